The molecule has 1 heterocycles. The van der Waals surface area contributed by atoms with Crippen LogP contribution in [0.5, 0.6) is 0 Å². The topological polar surface area (TPSA) is 97.8 Å². The van der Waals surface area contributed by atoms with Crippen molar-refractivity contribution in [3.8, 4) is 0 Å². The number of rotatable bonds is 8. The monoisotopic (exact) mass is 435 g/mol. The van der Waals surface area contributed by atoms with E-state index in [1.54, 1.807) is 32.9 Å². The highest BCUT2D eigenvalue weighted by Gasteiger charge is 2.25. The molecule has 2 amide bonds. The molecule has 0 aliphatic rings. The first kappa shape index (κ1) is 26.4. The number of hydrogen-bond acceptors (Lipinski definition) is 6. The van der Waals surface area contributed by atoms with E-state index < -0.39 is 23.4 Å². The van der Waals surface area contributed by atoms with E-state index in [1.165, 1.54) is 11.1 Å². The molecule has 0 radical (unpaired) electrons. The standard InChI is InChI=1S/C23H37N3O5/c1-16(2)15-26(21(29)31-23(6,7)8)19-12-11-17(14-25-19)18(27)10-9-13-24-20(28)30-22(3,4)5/h11-12,14,16H,9-10,13,15H2,1-8H3,(H,24,28). The van der Waals surface area contributed by atoms with E-state index in [0.717, 1.165) is 0 Å². The molecule has 0 bridgehead atoms. The van der Waals surface area contributed by atoms with Gasteiger partial charge in [-0.15, -0.1) is 0 Å². The van der Waals surface area contributed by atoms with Crippen LogP contribution in [-0.4, -0.2) is 47.2 Å². The molecule has 0 unspecified atom stereocenters. The lowest BCUT2D eigenvalue weighted by Crippen LogP contribution is -2.39. The van der Waals surface area contributed by atoms with Gasteiger partial charge in [0, 0.05) is 31.3 Å². The largest absolute Gasteiger partial charge is 0.444 e. The molecule has 0 aliphatic heterocycles. The fourth-order valence-electron chi connectivity index (χ4n) is 2.55. The third-order valence-corrected chi connectivity index (χ3v) is 3.76. The van der Waals surface area contributed by atoms with Gasteiger partial charge in [0.05, 0.1) is 0 Å². The fraction of sp³-hybridized carbons (Fsp3) is 0.652. The Kier molecular flexibility index (Phi) is 9.46. The molecule has 31 heavy (non-hydrogen) atoms. The van der Waals surface area contributed by atoms with Crippen molar-refractivity contribution >= 4 is 23.8 Å². The lowest BCUT2D eigenvalue weighted by Gasteiger charge is -2.28. The second-order valence-corrected chi connectivity index (χ2v) is 9.85. The Bertz CT molecular complexity index is 746. The molecule has 1 aromatic rings. The highest BCUT2D eigenvalue weighted by atomic mass is 16.6. The van der Waals surface area contributed by atoms with E-state index >= 15 is 0 Å². The van der Waals surface area contributed by atoms with Crippen LogP contribution in [0.1, 0.15) is 78.6 Å². The third kappa shape index (κ3) is 10.8. The summed E-state index contributed by atoms with van der Waals surface area (Å²) in [6, 6.07) is 3.31. The second kappa shape index (κ2) is 11.1. The van der Waals surface area contributed by atoms with Gasteiger partial charge in [0.1, 0.15) is 17.0 Å². The minimum Gasteiger partial charge on any atom is -0.444 e. The minimum atomic E-state index is -0.616. The van der Waals surface area contributed by atoms with Crippen molar-refractivity contribution in [3.05, 3.63) is 23.9 Å². The number of Topliss-reactive ketones (excluding diaryl/α,β-unsaturated/α-hetero) is 1. The number of aromatic nitrogens is 1. The average Bonchev–Trinajstić information content (AvgIpc) is 2.60. The lowest BCUT2D eigenvalue weighted by molar-refractivity contribution is 0.0523. The molecule has 1 N–H and O–H groups in total. The van der Waals surface area contributed by atoms with Crippen molar-refractivity contribution in [2.45, 2.75) is 79.4 Å². The zero-order valence-corrected chi connectivity index (χ0v) is 20.1. The summed E-state index contributed by atoms with van der Waals surface area (Å²) in [6.07, 6.45) is 1.24. The Morgan fingerprint density at radius 3 is 2.13 bits per heavy atom. The van der Waals surface area contributed by atoms with Crippen LogP contribution < -0.4 is 10.2 Å². The SMILES string of the molecule is CC(C)CN(C(=O)OC(C)(C)C)c1ccc(C(=O)CCCNC(=O)OC(C)(C)C)cn1. The highest BCUT2D eigenvalue weighted by Crippen LogP contribution is 2.19. The number of amides is 2. The fourth-order valence-corrected chi connectivity index (χ4v) is 2.55. The van der Waals surface area contributed by atoms with Gasteiger partial charge >= 0.3 is 12.2 Å². The van der Waals surface area contributed by atoms with Crippen molar-refractivity contribution in [1.29, 1.82) is 0 Å². The van der Waals surface area contributed by atoms with Crippen LogP contribution in [0, 0.1) is 5.92 Å². The van der Waals surface area contributed by atoms with E-state index in [1.807, 2.05) is 34.6 Å². The first-order valence-electron chi connectivity index (χ1n) is 10.6. The van der Waals surface area contributed by atoms with Crippen molar-refractivity contribution in [2.75, 3.05) is 18.0 Å². The van der Waals surface area contributed by atoms with Gasteiger partial charge in [-0.2, -0.15) is 0 Å². The van der Waals surface area contributed by atoms with E-state index in [9.17, 15) is 14.4 Å². The molecule has 0 fully saturated rings. The molecule has 0 saturated carbocycles. The predicted molar refractivity (Wildman–Crippen MR) is 120 cm³/mol. The Balaban J connectivity index is 2.67. The maximum atomic E-state index is 12.6. The van der Waals surface area contributed by atoms with Gasteiger partial charge in [-0.05, 0) is 66.0 Å². The number of hydrogen-bond donors (Lipinski definition) is 1. The van der Waals surface area contributed by atoms with Crippen LogP contribution in [0.2, 0.25) is 0 Å². The summed E-state index contributed by atoms with van der Waals surface area (Å²) >= 11 is 0. The van der Waals surface area contributed by atoms with Crippen LogP contribution >= 0.6 is 0 Å². The quantitative estimate of drug-likeness (QED) is 0.457. The molecular formula is C23H37N3O5. The molecule has 174 valence electrons. The van der Waals surface area contributed by atoms with Gasteiger partial charge in [-0.1, -0.05) is 13.8 Å². The Morgan fingerprint density at radius 2 is 1.65 bits per heavy atom. The number of ketones is 1. The van der Waals surface area contributed by atoms with Gasteiger partial charge in [0.2, 0.25) is 0 Å². The van der Waals surface area contributed by atoms with Gasteiger partial charge in [0.15, 0.2) is 5.78 Å². The van der Waals surface area contributed by atoms with E-state index in [-0.39, 0.29) is 18.1 Å². The average molecular weight is 436 g/mol. The lowest BCUT2D eigenvalue weighted by atomic mass is 10.1. The Hall–Kier alpha value is -2.64. The molecule has 0 aromatic carbocycles. The first-order chi connectivity index (χ1) is 14.2. The summed E-state index contributed by atoms with van der Waals surface area (Å²) in [5.74, 6) is 0.567. The second-order valence-electron chi connectivity index (χ2n) is 9.85. The van der Waals surface area contributed by atoms with Crippen LogP contribution in [0.25, 0.3) is 0 Å². The number of pyridine rings is 1. The number of ether oxygens (including phenoxy) is 2. The first-order valence-corrected chi connectivity index (χ1v) is 10.6. The molecule has 8 nitrogen and oxygen atoms in total. The van der Waals surface area contributed by atoms with Crippen molar-refractivity contribution in [3.63, 3.8) is 0 Å². The summed E-state index contributed by atoms with van der Waals surface area (Å²) in [4.78, 5) is 42.4. The molecule has 0 atom stereocenters. The zero-order valence-electron chi connectivity index (χ0n) is 20.1. The smallest absolute Gasteiger partial charge is 0.416 e. The minimum absolute atomic E-state index is 0.0854. The summed E-state index contributed by atoms with van der Waals surface area (Å²) < 4.78 is 10.6. The summed E-state index contributed by atoms with van der Waals surface area (Å²) in [7, 11) is 0. The van der Waals surface area contributed by atoms with Crippen molar-refractivity contribution in [1.82, 2.24) is 10.3 Å². The molecule has 1 aromatic heterocycles. The van der Waals surface area contributed by atoms with Crippen LogP contribution in [0.4, 0.5) is 15.4 Å². The summed E-state index contributed by atoms with van der Waals surface area (Å²) in [5, 5.41) is 2.63. The summed E-state index contributed by atoms with van der Waals surface area (Å²) in [5.41, 5.74) is -0.722. The van der Waals surface area contributed by atoms with Crippen LogP contribution in [-0.2, 0) is 9.47 Å². The number of carbonyl (C=O) groups excluding carboxylic acids is 3. The van der Waals surface area contributed by atoms with Crippen LogP contribution in [0.15, 0.2) is 18.3 Å². The Labute approximate surface area is 185 Å². The normalized spacial score (nSPS) is 11.8. The molecule has 0 aliphatic carbocycles. The molecule has 1 rings (SSSR count). The third-order valence-electron chi connectivity index (χ3n) is 3.76. The van der Waals surface area contributed by atoms with Gasteiger partial charge in [-0.3, -0.25) is 9.69 Å². The number of nitrogens with zero attached hydrogens (tertiary/aromatic N) is 2. The number of nitrogens with one attached hydrogen (secondary N) is 1. The highest BCUT2D eigenvalue weighted by molar-refractivity contribution is 5.96. The van der Waals surface area contributed by atoms with E-state index in [4.69, 9.17) is 9.47 Å². The maximum Gasteiger partial charge on any atom is 0.416 e. The predicted octanol–water partition coefficient (Wildman–Crippen LogP) is 4.97. The molecule has 0 spiro atoms. The Morgan fingerprint density at radius 1 is 1.03 bits per heavy atom. The van der Waals surface area contributed by atoms with Gasteiger partial charge in [-0.25, -0.2) is 14.6 Å². The number of carbonyl (C=O) groups is 3. The molecule has 8 heteroatoms. The van der Waals surface area contributed by atoms with Crippen LogP contribution in [0.3, 0.4) is 0 Å². The molecule has 0 saturated heterocycles. The van der Waals surface area contributed by atoms with E-state index in [2.05, 4.69) is 10.3 Å². The summed E-state index contributed by atoms with van der Waals surface area (Å²) in [6.45, 7) is 15.6. The zero-order chi connectivity index (χ0) is 23.8. The van der Waals surface area contributed by atoms with E-state index in [0.29, 0.717) is 30.9 Å². The maximum absolute atomic E-state index is 12.6. The molecular weight excluding hydrogens is 398 g/mol. The number of alkyl carbamates (subject to hydrolysis) is 1. The van der Waals surface area contributed by atoms with Gasteiger partial charge in [0.25, 0.3) is 0 Å². The van der Waals surface area contributed by atoms with Gasteiger partial charge < -0.3 is 14.8 Å². The number of anilines is 1. The van der Waals surface area contributed by atoms with Crippen molar-refractivity contribution in [2.24, 2.45) is 5.92 Å². The van der Waals surface area contributed by atoms with Crippen molar-refractivity contribution < 1.29 is 23.9 Å².